The standard InChI is InChI=1S/C43H85NO4/c1-3-5-7-9-11-13-14-15-16-17-18-19-20-21-22-23-24-25-26-27-28-29-30-32-34-36-38-42(47)44-40(39-45)43(48)41(46)37-35-33-31-12-10-8-6-4-2/h12,31,40-41,43,45-46,48H,3-11,13-30,32-39H2,1-2H3,(H,44,47)/b31-12+. The van der Waals surface area contributed by atoms with Crippen LogP contribution in [0.15, 0.2) is 12.2 Å². The third-order valence-electron chi connectivity index (χ3n) is 10.1. The van der Waals surface area contributed by atoms with Gasteiger partial charge in [-0.05, 0) is 38.5 Å². The molecule has 0 aliphatic rings. The molecule has 5 nitrogen and oxygen atoms in total. The van der Waals surface area contributed by atoms with Crippen molar-refractivity contribution >= 4 is 5.91 Å². The predicted molar refractivity (Wildman–Crippen MR) is 208 cm³/mol. The molecule has 0 rings (SSSR count). The van der Waals surface area contributed by atoms with Gasteiger partial charge in [0.25, 0.3) is 0 Å². The molecule has 286 valence electrons. The summed E-state index contributed by atoms with van der Waals surface area (Å²) in [6.07, 6.45) is 44.9. The highest BCUT2D eigenvalue weighted by atomic mass is 16.3. The van der Waals surface area contributed by atoms with Crippen LogP contribution in [0.25, 0.3) is 0 Å². The maximum absolute atomic E-state index is 12.4. The van der Waals surface area contributed by atoms with E-state index in [4.69, 9.17) is 0 Å². The zero-order valence-corrected chi connectivity index (χ0v) is 32.4. The molecule has 0 saturated heterocycles. The average molecular weight is 680 g/mol. The highest BCUT2D eigenvalue weighted by Gasteiger charge is 2.26. The van der Waals surface area contributed by atoms with E-state index in [1.807, 2.05) is 0 Å². The average Bonchev–Trinajstić information content (AvgIpc) is 3.09. The molecule has 0 aromatic rings. The van der Waals surface area contributed by atoms with Gasteiger partial charge >= 0.3 is 0 Å². The number of aliphatic hydroxyl groups is 3. The maximum atomic E-state index is 12.4. The Labute approximate surface area is 299 Å². The molecule has 0 aliphatic heterocycles. The molecule has 0 spiro atoms. The van der Waals surface area contributed by atoms with Crippen molar-refractivity contribution < 1.29 is 20.1 Å². The van der Waals surface area contributed by atoms with Crippen LogP contribution < -0.4 is 5.32 Å². The molecule has 0 aliphatic carbocycles. The number of hydrogen-bond donors (Lipinski definition) is 4. The number of carbonyl (C=O) groups is 1. The SMILES string of the molecule is CCCCC/C=C/CCCC(O)C(O)C(CO)NC(=O)CCCCCCCCCCCCCCCCCCCCCCCCCCCC. The lowest BCUT2D eigenvalue weighted by molar-refractivity contribution is -0.124. The molecular weight excluding hydrogens is 594 g/mol. The van der Waals surface area contributed by atoms with E-state index in [2.05, 4.69) is 31.3 Å². The Morgan fingerprint density at radius 3 is 1.21 bits per heavy atom. The first-order chi connectivity index (χ1) is 23.6. The molecule has 3 atom stereocenters. The van der Waals surface area contributed by atoms with Gasteiger partial charge in [-0.2, -0.15) is 0 Å². The summed E-state index contributed by atoms with van der Waals surface area (Å²) in [5.41, 5.74) is 0. The van der Waals surface area contributed by atoms with Gasteiger partial charge in [-0.1, -0.05) is 199 Å². The number of hydrogen-bond acceptors (Lipinski definition) is 4. The van der Waals surface area contributed by atoms with Crippen molar-refractivity contribution in [3.05, 3.63) is 12.2 Å². The van der Waals surface area contributed by atoms with Crippen molar-refractivity contribution in [3.8, 4) is 0 Å². The van der Waals surface area contributed by atoms with E-state index >= 15 is 0 Å². The van der Waals surface area contributed by atoms with E-state index in [0.717, 1.165) is 38.5 Å². The first-order valence-electron chi connectivity index (χ1n) is 21.5. The molecule has 0 radical (unpaired) electrons. The lowest BCUT2D eigenvalue weighted by Crippen LogP contribution is -2.50. The molecule has 4 N–H and O–H groups in total. The fraction of sp³-hybridized carbons (Fsp3) is 0.930. The number of allylic oxidation sites excluding steroid dienone is 2. The molecule has 0 aromatic carbocycles. The minimum Gasteiger partial charge on any atom is -0.394 e. The first kappa shape index (κ1) is 47.1. The van der Waals surface area contributed by atoms with Crippen LogP contribution in [0.3, 0.4) is 0 Å². The van der Waals surface area contributed by atoms with Crippen LogP contribution >= 0.6 is 0 Å². The molecule has 0 saturated carbocycles. The lowest BCUT2D eigenvalue weighted by Gasteiger charge is -2.26. The molecule has 0 heterocycles. The minimum absolute atomic E-state index is 0.153. The fourth-order valence-corrected chi connectivity index (χ4v) is 6.75. The van der Waals surface area contributed by atoms with Crippen LogP contribution in [0.1, 0.15) is 232 Å². The Morgan fingerprint density at radius 1 is 0.500 bits per heavy atom. The van der Waals surface area contributed by atoms with Crippen molar-refractivity contribution in [1.82, 2.24) is 5.32 Å². The Balaban J connectivity index is 3.48. The number of carbonyl (C=O) groups excluding carboxylic acids is 1. The van der Waals surface area contributed by atoms with Crippen LogP contribution in [0.5, 0.6) is 0 Å². The van der Waals surface area contributed by atoms with Gasteiger partial charge in [-0.15, -0.1) is 0 Å². The van der Waals surface area contributed by atoms with Crippen LogP contribution in [-0.2, 0) is 4.79 Å². The van der Waals surface area contributed by atoms with E-state index in [9.17, 15) is 20.1 Å². The summed E-state index contributed by atoms with van der Waals surface area (Å²) in [4.78, 5) is 12.4. The Morgan fingerprint density at radius 2 is 0.833 bits per heavy atom. The molecule has 3 unspecified atom stereocenters. The second-order valence-corrected chi connectivity index (χ2v) is 14.9. The van der Waals surface area contributed by atoms with E-state index < -0.39 is 18.2 Å². The number of unbranched alkanes of at least 4 members (excludes halogenated alkanes) is 29. The first-order valence-corrected chi connectivity index (χ1v) is 21.5. The van der Waals surface area contributed by atoms with Crippen molar-refractivity contribution in [2.75, 3.05) is 6.61 Å². The van der Waals surface area contributed by atoms with Crippen LogP contribution in [-0.4, -0.2) is 46.1 Å². The largest absolute Gasteiger partial charge is 0.394 e. The van der Waals surface area contributed by atoms with E-state index in [1.54, 1.807) is 0 Å². The smallest absolute Gasteiger partial charge is 0.220 e. The zero-order chi connectivity index (χ0) is 35.2. The molecule has 0 aromatic heterocycles. The monoisotopic (exact) mass is 680 g/mol. The highest BCUT2D eigenvalue weighted by molar-refractivity contribution is 5.76. The van der Waals surface area contributed by atoms with Crippen LogP contribution in [0, 0.1) is 0 Å². The van der Waals surface area contributed by atoms with Gasteiger partial charge < -0.3 is 20.6 Å². The number of aliphatic hydroxyl groups excluding tert-OH is 3. The van der Waals surface area contributed by atoms with Crippen LogP contribution in [0.4, 0.5) is 0 Å². The van der Waals surface area contributed by atoms with Gasteiger partial charge in [-0.25, -0.2) is 0 Å². The third-order valence-corrected chi connectivity index (χ3v) is 10.1. The Hall–Kier alpha value is -0.910. The second-order valence-electron chi connectivity index (χ2n) is 14.9. The molecular formula is C43H85NO4. The summed E-state index contributed by atoms with van der Waals surface area (Å²) in [7, 11) is 0. The predicted octanol–water partition coefficient (Wildman–Crippen LogP) is 12.0. The summed E-state index contributed by atoms with van der Waals surface area (Å²) in [5.74, 6) is -0.153. The van der Waals surface area contributed by atoms with Crippen molar-refractivity contribution in [1.29, 1.82) is 0 Å². The van der Waals surface area contributed by atoms with E-state index in [0.29, 0.717) is 12.8 Å². The molecule has 48 heavy (non-hydrogen) atoms. The highest BCUT2D eigenvalue weighted by Crippen LogP contribution is 2.16. The minimum atomic E-state index is -1.15. The third kappa shape index (κ3) is 33.6. The molecule has 5 heteroatoms. The van der Waals surface area contributed by atoms with Gasteiger partial charge in [0, 0.05) is 6.42 Å². The quantitative estimate of drug-likeness (QED) is 0.0384. The van der Waals surface area contributed by atoms with E-state index in [-0.39, 0.29) is 12.5 Å². The van der Waals surface area contributed by atoms with Gasteiger partial charge in [0.1, 0.15) is 6.10 Å². The topological polar surface area (TPSA) is 89.8 Å². The van der Waals surface area contributed by atoms with Crippen LogP contribution in [0.2, 0.25) is 0 Å². The normalized spacial score (nSPS) is 13.7. The summed E-state index contributed by atoms with van der Waals surface area (Å²) >= 11 is 0. The Kier molecular flexibility index (Phi) is 38.1. The summed E-state index contributed by atoms with van der Waals surface area (Å²) in [6, 6.07) is -0.818. The summed E-state index contributed by atoms with van der Waals surface area (Å²) in [5, 5.41) is 33.2. The summed E-state index contributed by atoms with van der Waals surface area (Å²) < 4.78 is 0. The Bertz CT molecular complexity index is 669. The van der Waals surface area contributed by atoms with Gasteiger partial charge in [-0.3, -0.25) is 4.79 Å². The lowest BCUT2D eigenvalue weighted by atomic mass is 10.0. The van der Waals surface area contributed by atoms with E-state index in [1.165, 1.54) is 167 Å². The number of nitrogens with one attached hydrogen (secondary N) is 1. The van der Waals surface area contributed by atoms with Crippen molar-refractivity contribution in [2.24, 2.45) is 0 Å². The van der Waals surface area contributed by atoms with Gasteiger partial charge in [0.05, 0.1) is 18.8 Å². The zero-order valence-electron chi connectivity index (χ0n) is 32.4. The molecule has 0 bridgehead atoms. The number of rotatable bonds is 39. The number of amides is 1. The fourth-order valence-electron chi connectivity index (χ4n) is 6.75. The summed E-state index contributed by atoms with van der Waals surface area (Å²) in [6.45, 7) is 4.12. The van der Waals surface area contributed by atoms with Crippen molar-refractivity contribution in [3.63, 3.8) is 0 Å². The molecule has 0 fully saturated rings. The van der Waals surface area contributed by atoms with Gasteiger partial charge in [0.2, 0.25) is 5.91 Å². The second kappa shape index (κ2) is 38.9. The van der Waals surface area contributed by atoms with Crippen molar-refractivity contribution in [2.45, 2.75) is 250 Å². The molecule has 1 amide bonds. The maximum Gasteiger partial charge on any atom is 0.220 e. The van der Waals surface area contributed by atoms with Gasteiger partial charge in [0.15, 0.2) is 0 Å².